The molecule has 248 valence electrons. The number of ether oxygens (including phenoxy) is 2. The van der Waals surface area contributed by atoms with E-state index in [9.17, 15) is 37.1 Å². The van der Waals surface area contributed by atoms with E-state index in [4.69, 9.17) is 9.47 Å². The number of aromatic nitrogens is 1. The Hall–Kier alpha value is -4.41. The summed E-state index contributed by atoms with van der Waals surface area (Å²) in [4.78, 5) is 68.6. The maximum Gasteiger partial charge on any atom is 0.416 e. The summed E-state index contributed by atoms with van der Waals surface area (Å²) < 4.78 is 52.0. The van der Waals surface area contributed by atoms with Crippen molar-refractivity contribution in [1.82, 2.24) is 4.98 Å². The predicted molar refractivity (Wildman–Crippen MR) is 175 cm³/mol. The van der Waals surface area contributed by atoms with Crippen molar-refractivity contribution < 1.29 is 41.8 Å². The summed E-state index contributed by atoms with van der Waals surface area (Å²) >= 11 is 5.25. The number of carbonyl (C=O) groups is 4. The lowest BCUT2D eigenvalue weighted by atomic mass is 9.82. The van der Waals surface area contributed by atoms with Gasteiger partial charge in [0.05, 0.1) is 34.4 Å². The van der Waals surface area contributed by atoms with Gasteiger partial charge in [-0.3, -0.25) is 19.2 Å². The average Bonchev–Trinajstić information content (AvgIpc) is 3.54. The standard InChI is InChI=1S/C32H23BrF3N3O7S2/c1-2-45-30(43)15-6-9-18(10-7-15)37-22(40)14-46-21-11-8-17(33)13-20(21)23-24-26(47-27-25(23)48-31(44)38-27)29(42)39(28(24)41)19-5-3-4-16(12-19)32(34,35)36/h3-13,23-24,26H,2,14H2,1H3,(H,37,40)(H,38,44)/t23-,24-,26+/m0/s1. The second kappa shape index (κ2) is 13.2. The number of carbonyl (C=O) groups excluding carboxylic acids is 4. The van der Waals surface area contributed by atoms with E-state index in [1.54, 1.807) is 25.1 Å². The van der Waals surface area contributed by atoms with E-state index in [1.807, 2.05) is 0 Å². The number of hydrogen-bond donors (Lipinski definition) is 2. The van der Waals surface area contributed by atoms with Gasteiger partial charge < -0.3 is 19.8 Å². The Morgan fingerprint density at radius 2 is 1.77 bits per heavy atom. The summed E-state index contributed by atoms with van der Waals surface area (Å²) in [5, 5.41) is 1.96. The molecule has 3 heterocycles. The second-order valence-corrected chi connectivity index (χ2v) is 13.7. The van der Waals surface area contributed by atoms with Crippen LogP contribution in [0.15, 0.2) is 81.0 Å². The number of aromatic amines is 1. The molecule has 48 heavy (non-hydrogen) atoms. The zero-order chi connectivity index (χ0) is 34.3. The Morgan fingerprint density at radius 3 is 2.48 bits per heavy atom. The molecule has 1 aromatic heterocycles. The number of fused-ring (bicyclic) bond motifs is 2. The quantitative estimate of drug-likeness (QED) is 0.160. The van der Waals surface area contributed by atoms with E-state index >= 15 is 0 Å². The van der Waals surface area contributed by atoms with Gasteiger partial charge in [-0.05, 0) is 67.6 Å². The number of halogens is 4. The van der Waals surface area contributed by atoms with Crippen LogP contribution < -0.4 is 19.8 Å². The molecule has 1 fully saturated rings. The molecule has 6 rings (SSSR count). The Kier molecular flexibility index (Phi) is 9.24. The van der Waals surface area contributed by atoms with Gasteiger partial charge in [0.1, 0.15) is 11.0 Å². The fourth-order valence-electron chi connectivity index (χ4n) is 5.57. The van der Waals surface area contributed by atoms with Crippen LogP contribution in [0.2, 0.25) is 0 Å². The lowest BCUT2D eigenvalue weighted by Gasteiger charge is -2.31. The summed E-state index contributed by atoms with van der Waals surface area (Å²) in [5.41, 5.74) is -0.143. The van der Waals surface area contributed by atoms with Crippen LogP contribution in [-0.2, 0) is 25.3 Å². The van der Waals surface area contributed by atoms with Gasteiger partial charge in [-0.1, -0.05) is 45.1 Å². The first-order chi connectivity index (χ1) is 22.8. The molecule has 16 heteroatoms. The van der Waals surface area contributed by atoms with Crippen LogP contribution in [0.3, 0.4) is 0 Å². The first kappa shape index (κ1) is 33.5. The van der Waals surface area contributed by atoms with Crippen LogP contribution >= 0.6 is 39.0 Å². The molecule has 3 amide bonds. The molecule has 4 aromatic rings. The van der Waals surface area contributed by atoms with Crippen LogP contribution in [-0.4, -0.2) is 47.1 Å². The first-order valence-electron chi connectivity index (χ1n) is 14.3. The minimum Gasteiger partial charge on any atom is -0.483 e. The zero-order valence-corrected chi connectivity index (χ0v) is 27.8. The van der Waals surface area contributed by atoms with E-state index in [0.29, 0.717) is 31.2 Å². The number of benzene rings is 3. The molecule has 0 spiro atoms. The number of nitrogens with zero attached hydrogens (tertiary/aromatic N) is 1. The number of imide groups is 1. The van der Waals surface area contributed by atoms with Gasteiger partial charge in [-0.2, -0.15) is 13.2 Å². The smallest absolute Gasteiger partial charge is 0.416 e. The van der Waals surface area contributed by atoms with E-state index in [2.05, 4.69) is 26.2 Å². The van der Waals surface area contributed by atoms with Crippen molar-refractivity contribution in [2.75, 3.05) is 23.4 Å². The number of rotatable bonds is 8. The van der Waals surface area contributed by atoms with Crippen LogP contribution in [0.1, 0.15) is 39.2 Å². The number of nitrogens with one attached hydrogen (secondary N) is 2. The van der Waals surface area contributed by atoms with Crippen molar-refractivity contribution in [2.45, 2.75) is 29.3 Å². The molecule has 0 aliphatic carbocycles. The van der Waals surface area contributed by atoms with Gasteiger partial charge in [-0.15, -0.1) is 0 Å². The molecule has 0 radical (unpaired) electrons. The topological polar surface area (TPSA) is 135 Å². The fourth-order valence-corrected chi connectivity index (χ4v) is 8.45. The van der Waals surface area contributed by atoms with E-state index in [0.717, 1.165) is 46.2 Å². The number of thiazole rings is 1. The third kappa shape index (κ3) is 6.51. The summed E-state index contributed by atoms with van der Waals surface area (Å²) in [5.74, 6) is -4.34. The minimum atomic E-state index is -4.70. The van der Waals surface area contributed by atoms with Gasteiger partial charge >= 0.3 is 17.0 Å². The third-order valence-corrected chi connectivity index (χ3v) is 10.5. The van der Waals surface area contributed by atoms with Gasteiger partial charge in [-0.25, -0.2) is 9.69 Å². The summed E-state index contributed by atoms with van der Waals surface area (Å²) in [6.07, 6.45) is -4.70. The summed E-state index contributed by atoms with van der Waals surface area (Å²) in [7, 11) is 0. The Balaban J connectivity index is 1.30. The van der Waals surface area contributed by atoms with Crippen molar-refractivity contribution >= 4 is 74.1 Å². The number of thioether (sulfide) groups is 1. The first-order valence-corrected chi connectivity index (χ1v) is 16.8. The van der Waals surface area contributed by atoms with E-state index in [-0.39, 0.29) is 18.0 Å². The molecule has 0 bridgehead atoms. The minimum absolute atomic E-state index is 0.186. The summed E-state index contributed by atoms with van der Waals surface area (Å²) in [6.45, 7) is 1.44. The number of H-pyrrole nitrogens is 1. The molecule has 2 aliphatic heterocycles. The molecular weight excluding hydrogens is 739 g/mol. The van der Waals surface area contributed by atoms with Gasteiger partial charge in [0.2, 0.25) is 11.8 Å². The van der Waals surface area contributed by atoms with E-state index < -0.39 is 64.0 Å². The third-order valence-electron chi connectivity index (χ3n) is 7.60. The van der Waals surface area contributed by atoms with Crippen molar-refractivity contribution in [3.63, 3.8) is 0 Å². The summed E-state index contributed by atoms with van der Waals surface area (Å²) in [6, 6.07) is 14.9. The van der Waals surface area contributed by atoms with Crippen LogP contribution in [0, 0.1) is 5.92 Å². The highest BCUT2D eigenvalue weighted by molar-refractivity contribution is 9.10. The maximum atomic E-state index is 14.1. The average molecular weight is 763 g/mol. The van der Waals surface area contributed by atoms with Gasteiger partial charge in [0.25, 0.3) is 5.91 Å². The van der Waals surface area contributed by atoms with Crippen molar-refractivity contribution in [1.29, 1.82) is 0 Å². The predicted octanol–water partition coefficient (Wildman–Crippen LogP) is 6.21. The SMILES string of the molecule is CCOC(=O)c1ccc(NC(=O)COc2ccc(Br)cc2[C@@H]2c3sc(=O)[nH]c3S[C@H]3C(=O)N(c4cccc(C(F)(F)F)c4)C(=O)[C@@H]23)cc1. The van der Waals surface area contributed by atoms with Crippen molar-refractivity contribution in [3.8, 4) is 5.75 Å². The van der Waals surface area contributed by atoms with Crippen LogP contribution in [0.4, 0.5) is 24.5 Å². The highest BCUT2D eigenvalue weighted by Crippen LogP contribution is 2.55. The second-order valence-electron chi connectivity index (χ2n) is 10.6. The van der Waals surface area contributed by atoms with Crippen molar-refractivity contribution in [3.05, 3.63) is 102 Å². The molecule has 10 nitrogen and oxygen atoms in total. The molecule has 3 atom stereocenters. The monoisotopic (exact) mass is 761 g/mol. The number of amides is 3. The number of alkyl halides is 3. The highest BCUT2D eigenvalue weighted by atomic mass is 79.9. The molecule has 2 aliphatic rings. The molecule has 2 N–H and O–H groups in total. The fraction of sp³-hybridized carbons (Fsp3) is 0.219. The maximum absolute atomic E-state index is 14.1. The number of esters is 1. The Morgan fingerprint density at radius 1 is 1.02 bits per heavy atom. The molecular formula is C32H23BrF3N3O7S2. The normalized spacial score (nSPS) is 18.7. The van der Waals surface area contributed by atoms with Crippen LogP contribution in [0.25, 0.3) is 0 Å². The van der Waals surface area contributed by atoms with Crippen molar-refractivity contribution in [2.24, 2.45) is 5.92 Å². The molecule has 1 saturated heterocycles. The lowest BCUT2D eigenvalue weighted by molar-refractivity contribution is -0.137. The Bertz CT molecular complexity index is 2000. The number of hydrogen-bond acceptors (Lipinski definition) is 9. The molecule has 0 saturated carbocycles. The lowest BCUT2D eigenvalue weighted by Crippen LogP contribution is -2.32. The van der Waals surface area contributed by atoms with Gasteiger partial charge in [0.15, 0.2) is 6.61 Å². The Labute approximate surface area is 286 Å². The highest BCUT2D eigenvalue weighted by Gasteiger charge is 2.57. The molecule has 0 unspecified atom stereocenters. The van der Waals surface area contributed by atoms with E-state index in [1.165, 1.54) is 30.3 Å². The largest absolute Gasteiger partial charge is 0.483 e. The zero-order valence-electron chi connectivity index (χ0n) is 24.6. The van der Waals surface area contributed by atoms with Crippen LogP contribution in [0.5, 0.6) is 5.75 Å². The van der Waals surface area contributed by atoms with Gasteiger partial charge in [0, 0.05) is 26.5 Å². The number of anilines is 2. The molecule has 3 aromatic carbocycles.